The summed E-state index contributed by atoms with van der Waals surface area (Å²) in [5.74, 6) is 0.828. The molecule has 18 heavy (non-hydrogen) atoms. The van der Waals surface area contributed by atoms with Crippen molar-refractivity contribution in [2.24, 2.45) is 0 Å². The second kappa shape index (κ2) is 6.02. The number of unbranched alkanes of at least 4 members (excludes halogenated alkanes) is 1. The van der Waals surface area contributed by atoms with Gasteiger partial charge in [0.05, 0.1) is 12.6 Å². The molecule has 2 aromatic rings. The van der Waals surface area contributed by atoms with Crippen LogP contribution in [0.4, 0.5) is 0 Å². The maximum atomic E-state index is 5.36. The molecule has 0 unspecified atom stereocenters. The molecule has 0 aliphatic rings. The van der Waals surface area contributed by atoms with Crippen molar-refractivity contribution in [2.45, 2.75) is 19.4 Å². The summed E-state index contributed by atoms with van der Waals surface area (Å²) >= 11 is 5.36. The Labute approximate surface area is 112 Å². The molecule has 1 aromatic carbocycles. The molecule has 98 valence electrons. The van der Waals surface area contributed by atoms with E-state index in [1.165, 1.54) is 0 Å². The smallest absolute Gasteiger partial charge is 0.178 e. The number of benzene rings is 1. The molecule has 0 aliphatic carbocycles. The molecular weight excluding hydrogens is 248 g/mol. The number of aromatic nitrogens is 2. The predicted molar refractivity (Wildman–Crippen MR) is 74.8 cm³/mol. The molecule has 1 N–H and O–H groups in total. The standard InChI is InChI=1S/C13H18N2O2S/c1-16-9-4-3-8-15-10-6-5-7-11(17-2)12(10)14-13(15)18/h5-7H,3-4,8-9H2,1-2H3,(H,14,18). The minimum Gasteiger partial charge on any atom is -0.494 e. The van der Waals surface area contributed by atoms with Crippen LogP contribution in [0.1, 0.15) is 12.8 Å². The molecule has 1 heterocycles. The van der Waals surface area contributed by atoms with Gasteiger partial charge < -0.3 is 19.0 Å². The zero-order valence-corrected chi connectivity index (χ0v) is 11.5. The molecule has 0 saturated heterocycles. The summed E-state index contributed by atoms with van der Waals surface area (Å²) in [5.41, 5.74) is 2.06. The number of para-hydroxylation sites is 1. The Bertz CT molecular complexity index is 574. The number of fused-ring (bicyclic) bond motifs is 1. The van der Waals surface area contributed by atoms with Gasteiger partial charge in [0, 0.05) is 20.3 Å². The van der Waals surface area contributed by atoms with Crippen LogP contribution in [0.15, 0.2) is 18.2 Å². The summed E-state index contributed by atoms with van der Waals surface area (Å²) in [4.78, 5) is 3.21. The number of ether oxygens (including phenoxy) is 2. The van der Waals surface area contributed by atoms with Crippen LogP contribution >= 0.6 is 12.2 Å². The van der Waals surface area contributed by atoms with Crippen LogP contribution in [0.5, 0.6) is 5.75 Å². The van der Waals surface area contributed by atoms with Crippen molar-refractivity contribution in [1.29, 1.82) is 0 Å². The minimum absolute atomic E-state index is 0.743. The summed E-state index contributed by atoms with van der Waals surface area (Å²) in [6.07, 6.45) is 2.08. The average Bonchev–Trinajstić information content (AvgIpc) is 2.70. The first-order valence-corrected chi connectivity index (χ1v) is 6.43. The fourth-order valence-corrected chi connectivity index (χ4v) is 2.35. The Kier molecular flexibility index (Phi) is 4.38. The Morgan fingerprint density at radius 1 is 1.28 bits per heavy atom. The van der Waals surface area contributed by atoms with Gasteiger partial charge in [-0.25, -0.2) is 0 Å². The molecule has 4 nitrogen and oxygen atoms in total. The van der Waals surface area contributed by atoms with Crippen LogP contribution in [0.3, 0.4) is 0 Å². The van der Waals surface area contributed by atoms with E-state index >= 15 is 0 Å². The third kappa shape index (κ3) is 2.57. The van der Waals surface area contributed by atoms with Crippen LogP contribution in [0.2, 0.25) is 0 Å². The largest absolute Gasteiger partial charge is 0.494 e. The van der Waals surface area contributed by atoms with Crippen molar-refractivity contribution < 1.29 is 9.47 Å². The van der Waals surface area contributed by atoms with Gasteiger partial charge in [0.25, 0.3) is 0 Å². The second-order valence-corrected chi connectivity index (χ2v) is 4.52. The highest BCUT2D eigenvalue weighted by Crippen LogP contribution is 2.24. The molecule has 0 radical (unpaired) electrons. The van der Waals surface area contributed by atoms with Crippen molar-refractivity contribution in [3.05, 3.63) is 23.0 Å². The van der Waals surface area contributed by atoms with Gasteiger partial charge in [-0.05, 0) is 37.2 Å². The van der Waals surface area contributed by atoms with E-state index in [1.54, 1.807) is 14.2 Å². The third-order valence-electron chi connectivity index (χ3n) is 2.97. The van der Waals surface area contributed by atoms with Crippen LogP contribution in [-0.4, -0.2) is 30.4 Å². The van der Waals surface area contributed by atoms with E-state index in [-0.39, 0.29) is 0 Å². The highest BCUT2D eigenvalue weighted by atomic mass is 32.1. The first-order valence-electron chi connectivity index (χ1n) is 6.02. The molecule has 5 heteroatoms. The van der Waals surface area contributed by atoms with Gasteiger partial charge in [-0.2, -0.15) is 0 Å². The quantitative estimate of drug-likeness (QED) is 0.645. The summed E-state index contributed by atoms with van der Waals surface area (Å²) in [6, 6.07) is 5.97. The first kappa shape index (κ1) is 13.1. The van der Waals surface area contributed by atoms with E-state index in [0.717, 1.165) is 47.5 Å². The number of aryl methyl sites for hydroxylation is 1. The zero-order chi connectivity index (χ0) is 13.0. The van der Waals surface area contributed by atoms with Crippen LogP contribution in [-0.2, 0) is 11.3 Å². The number of imidazole rings is 1. The maximum Gasteiger partial charge on any atom is 0.178 e. The van der Waals surface area contributed by atoms with Gasteiger partial charge in [0.1, 0.15) is 11.3 Å². The Hall–Kier alpha value is -1.33. The summed E-state index contributed by atoms with van der Waals surface area (Å²) < 4.78 is 13.2. The van der Waals surface area contributed by atoms with Gasteiger partial charge in [0.2, 0.25) is 0 Å². The predicted octanol–water partition coefficient (Wildman–Crippen LogP) is 3.13. The van der Waals surface area contributed by atoms with Crippen molar-refractivity contribution in [3.63, 3.8) is 0 Å². The zero-order valence-electron chi connectivity index (χ0n) is 10.7. The van der Waals surface area contributed by atoms with Gasteiger partial charge in [0.15, 0.2) is 4.77 Å². The lowest BCUT2D eigenvalue weighted by atomic mass is 10.2. The fraction of sp³-hybridized carbons (Fsp3) is 0.462. The first-order chi connectivity index (χ1) is 8.77. The Morgan fingerprint density at radius 3 is 2.83 bits per heavy atom. The van der Waals surface area contributed by atoms with Gasteiger partial charge >= 0.3 is 0 Å². The molecule has 0 aliphatic heterocycles. The molecule has 0 fully saturated rings. The average molecular weight is 266 g/mol. The van der Waals surface area contributed by atoms with Crippen molar-refractivity contribution in [1.82, 2.24) is 9.55 Å². The van der Waals surface area contributed by atoms with Crippen molar-refractivity contribution in [2.75, 3.05) is 20.8 Å². The van der Waals surface area contributed by atoms with E-state index < -0.39 is 0 Å². The number of hydrogen-bond acceptors (Lipinski definition) is 3. The Balaban J connectivity index is 2.27. The number of nitrogens with one attached hydrogen (secondary N) is 1. The maximum absolute atomic E-state index is 5.36. The van der Waals surface area contributed by atoms with E-state index in [9.17, 15) is 0 Å². The van der Waals surface area contributed by atoms with E-state index in [0.29, 0.717) is 0 Å². The van der Waals surface area contributed by atoms with Crippen LogP contribution in [0.25, 0.3) is 11.0 Å². The summed E-state index contributed by atoms with van der Waals surface area (Å²) in [6.45, 7) is 1.69. The minimum atomic E-state index is 0.743. The summed E-state index contributed by atoms with van der Waals surface area (Å²) in [5, 5.41) is 0. The van der Waals surface area contributed by atoms with Crippen molar-refractivity contribution in [3.8, 4) is 5.75 Å². The number of nitrogens with zero attached hydrogens (tertiary/aromatic N) is 1. The third-order valence-corrected chi connectivity index (χ3v) is 3.29. The fourth-order valence-electron chi connectivity index (χ4n) is 2.06. The number of methoxy groups -OCH3 is 2. The van der Waals surface area contributed by atoms with Crippen molar-refractivity contribution >= 4 is 23.3 Å². The molecule has 0 spiro atoms. The molecule has 2 rings (SSSR count). The molecule has 1 aromatic heterocycles. The van der Waals surface area contributed by atoms with E-state index in [2.05, 4.69) is 15.6 Å². The lowest BCUT2D eigenvalue weighted by Crippen LogP contribution is -1.99. The lowest BCUT2D eigenvalue weighted by Gasteiger charge is -2.05. The SMILES string of the molecule is COCCCCn1c(=S)[nH]c2c(OC)cccc21. The topological polar surface area (TPSA) is 39.2 Å². The number of hydrogen-bond donors (Lipinski definition) is 1. The van der Waals surface area contributed by atoms with Crippen LogP contribution < -0.4 is 4.74 Å². The monoisotopic (exact) mass is 266 g/mol. The number of H-pyrrole nitrogens is 1. The summed E-state index contributed by atoms with van der Waals surface area (Å²) in [7, 11) is 3.39. The second-order valence-electron chi connectivity index (χ2n) is 4.14. The molecule has 0 saturated carbocycles. The lowest BCUT2D eigenvalue weighted by molar-refractivity contribution is 0.191. The molecule has 0 atom stereocenters. The number of rotatable bonds is 6. The van der Waals surface area contributed by atoms with Gasteiger partial charge in [-0.3, -0.25) is 0 Å². The Morgan fingerprint density at radius 2 is 2.11 bits per heavy atom. The van der Waals surface area contributed by atoms with Gasteiger partial charge in [-0.15, -0.1) is 0 Å². The van der Waals surface area contributed by atoms with Gasteiger partial charge in [-0.1, -0.05) is 6.07 Å². The highest BCUT2D eigenvalue weighted by molar-refractivity contribution is 7.71. The number of aromatic amines is 1. The normalized spacial score (nSPS) is 11.0. The highest BCUT2D eigenvalue weighted by Gasteiger charge is 2.07. The molecule has 0 bridgehead atoms. The van der Waals surface area contributed by atoms with E-state index in [4.69, 9.17) is 21.7 Å². The van der Waals surface area contributed by atoms with Crippen LogP contribution in [0, 0.1) is 4.77 Å². The van der Waals surface area contributed by atoms with E-state index in [1.807, 2.05) is 12.1 Å². The molecule has 0 amide bonds. The molecular formula is C13H18N2O2S.